The van der Waals surface area contributed by atoms with Crippen LogP contribution in [0.15, 0.2) is 48.7 Å². The van der Waals surface area contributed by atoms with Gasteiger partial charge in [-0.05, 0) is 62.7 Å². The summed E-state index contributed by atoms with van der Waals surface area (Å²) >= 11 is 0. The number of aryl methyl sites for hydroxylation is 1. The minimum absolute atomic E-state index is 0.155. The Labute approximate surface area is 194 Å². The second kappa shape index (κ2) is 9.72. The van der Waals surface area contributed by atoms with Gasteiger partial charge in [-0.1, -0.05) is 6.07 Å². The maximum absolute atomic E-state index is 13.0. The number of amides is 1. The van der Waals surface area contributed by atoms with E-state index in [9.17, 15) is 9.90 Å². The van der Waals surface area contributed by atoms with Crippen LogP contribution in [0, 0.1) is 6.92 Å². The van der Waals surface area contributed by atoms with Crippen LogP contribution in [-0.2, 0) is 0 Å². The lowest BCUT2D eigenvalue weighted by atomic mass is 10.0. The Balaban J connectivity index is 1.44. The zero-order valence-corrected chi connectivity index (χ0v) is 19.2. The number of rotatable bonds is 8. The van der Waals surface area contributed by atoms with Crippen LogP contribution in [0.5, 0.6) is 5.75 Å². The first-order valence-electron chi connectivity index (χ1n) is 11.3. The number of nitrogens with two attached hydrogens (primary N) is 1. The van der Waals surface area contributed by atoms with Crippen molar-refractivity contribution in [2.45, 2.75) is 25.4 Å². The van der Waals surface area contributed by atoms with Gasteiger partial charge in [0.25, 0.3) is 5.91 Å². The Hall–Kier alpha value is -3.23. The van der Waals surface area contributed by atoms with E-state index in [1.165, 1.54) is 0 Å². The first-order valence-corrected chi connectivity index (χ1v) is 11.3. The quantitative estimate of drug-likeness (QED) is 0.509. The molecule has 4 rings (SSSR count). The third-order valence-electron chi connectivity index (χ3n) is 5.95. The molecular weight excluding hydrogens is 418 g/mol. The Morgan fingerprint density at radius 3 is 2.97 bits per heavy atom. The van der Waals surface area contributed by atoms with Crippen molar-refractivity contribution in [2.24, 2.45) is 5.73 Å². The van der Waals surface area contributed by atoms with E-state index in [1.807, 2.05) is 31.2 Å². The van der Waals surface area contributed by atoms with E-state index in [2.05, 4.69) is 14.9 Å². The number of nitrogens with zero attached hydrogens (tertiary/aromatic N) is 4. The lowest BCUT2D eigenvalue weighted by Gasteiger charge is -2.29. The normalized spacial score (nSPS) is 18.0. The Kier molecular flexibility index (Phi) is 6.76. The molecule has 0 aliphatic carbocycles. The molecule has 8 nitrogen and oxygen atoms in total. The van der Waals surface area contributed by atoms with E-state index in [-0.39, 0.29) is 12.5 Å². The smallest absolute Gasteiger partial charge is 0.253 e. The summed E-state index contributed by atoms with van der Waals surface area (Å²) in [5.41, 5.74) is 8.56. The molecule has 2 aromatic heterocycles. The summed E-state index contributed by atoms with van der Waals surface area (Å²) in [6, 6.07) is 13.0. The van der Waals surface area contributed by atoms with Gasteiger partial charge in [0.2, 0.25) is 0 Å². The highest BCUT2D eigenvalue weighted by molar-refractivity contribution is 5.94. The summed E-state index contributed by atoms with van der Waals surface area (Å²) in [6.45, 7) is 4.35. The Bertz CT molecular complexity index is 1140. The van der Waals surface area contributed by atoms with Crippen molar-refractivity contribution in [1.82, 2.24) is 14.9 Å². The van der Waals surface area contributed by atoms with Crippen LogP contribution in [0.1, 0.15) is 28.9 Å². The van der Waals surface area contributed by atoms with Crippen molar-refractivity contribution in [3.63, 3.8) is 0 Å². The predicted molar refractivity (Wildman–Crippen MR) is 129 cm³/mol. The fourth-order valence-corrected chi connectivity index (χ4v) is 4.28. The molecule has 3 heterocycles. The summed E-state index contributed by atoms with van der Waals surface area (Å²) in [7, 11) is 1.72. The average Bonchev–Trinajstić information content (AvgIpc) is 3.19. The largest absolute Gasteiger partial charge is 0.494 e. The van der Waals surface area contributed by atoms with Crippen LogP contribution in [0.25, 0.3) is 11.0 Å². The van der Waals surface area contributed by atoms with E-state index < -0.39 is 5.60 Å². The van der Waals surface area contributed by atoms with Crippen molar-refractivity contribution < 1.29 is 14.6 Å². The molecule has 1 fully saturated rings. The van der Waals surface area contributed by atoms with Gasteiger partial charge >= 0.3 is 0 Å². The molecule has 3 N–H and O–H groups in total. The lowest BCUT2D eigenvalue weighted by Crippen LogP contribution is -2.45. The highest BCUT2D eigenvalue weighted by Gasteiger charge is 2.38. The molecule has 0 spiro atoms. The second-order valence-corrected chi connectivity index (χ2v) is 8.73. The van der Waals surface area contributed by atoms with Crippen molar-refractivity contribution >= 4 is 22.6 Å². The summed E-state index contributed by atoms with van der Waals surface area (Å²) in [5.74, 6) is 0.485. The van der Waals surface area contributed by atoms with Gasteiger partial charge in [-0.25, -0.2) is 4.98 Å². The zero-order valence-electron chi connectivity index (χ0n) is 19.2. The number of ether oxygens (including phenoxy) is 1. The number of benzene rings is 1. The van der Waals surface area contributed by atoms with E-state index in [4.69, 9.17) is 10.5 Å². The Morgan fingerprint density at radius 2 is 2.15 bits per heavy atom. The van der Waals surface area contributed by atoms with Crippen molar-refractivity contribution in [3.05, 3.63) is 59.9 Å². The topological polar surface area (TPSA) is 105 Å². The van der Waals surface area contributed by atoms with Gasteiger partial charge < -0.3 is 25.4 Å². The van der Waals surface area contributed by atoms with Crippen LogP contribution in [0.3, 0.4) is 0 Å². The molecule has 0 saturated carbocycles. The van der Waals surface area contributed by atoms with E-state index in [1.54, 1.807) is 36.3 Å². The van der Waals surface area contributed by atoms with Gasteiger partial charge in [-0.15, -0.1) is 0 Å². The van der Waals surface area contributed by atoms with E-state index >= 15 is 0 Å². The predicted octanol–water partition coefficient (Wildman–Crippen LogP) is 2.38. The molecule has 1 amide bonds. The zero-order chi connectivity index (χ0) is 23.4. The van der Waals surface area contributed by atoms with Crippen LogP contribution in [0.2, 0.25) is 0 Å². The monoisotopic (exact) mass is 449 g/mol. The van der Waals surface area contributed by atoms with Gasteiger partial charge in [-0.3, -0.25) is 9.78 Å². The molecule has 1 aliphatic heterocycles. The molecular formula is C25H31N5O3. The summed E-state index contributed by atoms with van der Waals surface area (Å²) < 4.78 is 5.66. The minimum atomic E-state index is -1.01. The van der Waals surface area contributed by atoms with Gasteiger partial charge in [-0.2, -0.15) is 0 Å². The standard InChI is InChI=1S/C25H31N5O3/c1-18-7-8-21-23(28-18)22(9-12-27-21)30-13-10-25(32,17-30)16-29(2)24(31)19-5-3-6-20(15-19)33-14-4-11-26/h3,5-9,12,15,32H,4,10-11,13-14,16-17,26H2,1-2H3/t25-/m1/s1. The fraction of sp³-hybridized carbons (Fsp3) is 0.400. The molecule has 174 valence electrons. The first kappa shape index (κ1) is 22.9. The van der Waals surface area contributed by atoms with Crippen LogP contribution < -0.4 is 15.4 Å². The molecule has 0 unspecified atom stereocenters. The third kappa shape index (κ3) is 5.23. The van der Waals surface area contributed by atoms with Gasteiger partial charge in [0, 0.05) is 37.6 Å². The molecule has 1 aliphatic rings. The molecule has 1 saturated heterocycles. The number of aromatic nitrogens is 2. The molecule has 3 aromatic rings. The number of β-amino-alcohol motifs (C(OH)–C–C–N with tert-alkyl or cyclic N) is 1. The molecule has 1 aromatic carbocycles. The molecule has 1 atom stereocenters. The number of pyridine rings is 2. The Morgan fingerprint density at radius 1 is 1.30 bits per heavy atom. The number of carbonyl (C=O) groups excluding carboxylic acids is 1. The van der Waals surface area contributed by atoms with E-state index in [0.29, 0.717) is 44.0 Å². The highest BCUT2D eigenvalue weighted by Crippen LogP contribution is 2.31. The third-order valence-corrected chi connectivity index (χ3v) is 5.95. The summed E-state index contributed by atoms with van der Waals surface area (Å²) in [5, 5.41) is 11.3. The number of fused-ring (bicyclic) bond motifs is 1. The second-order valence-electron chi connectivity index (χ2n) is 8.73. The molecule has 0 bridgehead atoms. The molecule has 0 radical (unpaired) electrons. The number of aliphatic hydroxyl groups is 1. The van der Waals surface area contributed by atoms with E-state index in [0.717, 1.165) is 28.8 Å². The average molecular weight is 450 g/mol. The number of hydrogen-bond acceptors (Lipinski definition) is 7. The van der Waals surface area contributed by atoms with Crippen LogP contribution in [-0.4, -0.2) is 71.3 Å². The molecule has 33 heavy (non-hydrogen) atoms. The number of hydrogen-bond donors (Lipinski definition) is 2. The SMILES string of the molecule is Cc1ccc2nccc(N3CC[C@@](O)(CN(C)C(=O)c4cccc(OCCCN)c4)C3)c2n1. The van der Waals surface area contributed by atoms with Crippen LogP contribution in [0.4, 0.5) is 5.69 Å². The number of anilines is 1. The first-order chi connectivity index (χ1) is 15.9. The van der Waals surface area contributed by atoms with Gasteiger partial charge in [0.05, 0.1) is 24.4 Å². The summed E-state index contributed by atoms with van der Waals surface area (Å²) in [4.78, 5) is 25.8. The van der Waals surface area contributed by atoms with Crippen molar-refractivity contribution in [1.29, 1.82) is 0 Å². The highest BCUT2D eigenvalue weighted by atomic mass is 16.5. The molecule has 8 heteroatoms. The maximum atomic E-state index is 13.0. The number of carbonyl (C=O) groups is 1. The van der Waals surface area contributed by atoms with Crippen molar-refractivity contribution in [2.75, 3.05) is 44.7 Å². The minimum Gasteiger partial charge on any atom is -0.494 e. The lowest BCUT2D eigenvalue weighted by molar-refractivity contribution is 0.0264. The maximum Gasteiger partial charge on any atom is 0.253 e. The fourth-order valence-electron chi connectivity index (χ4n) is 4.28. The van der Waals surface area contributed by atoms with Gasteiger partial charge in [0.15, 0.2) is 0 Å². The number of likely N-dealkylation sites (N-methyl/N-ethyl adjacent to an activating group) is 1. The van der Waals surface area contributed by atoms with Crippen LogP contribution >= 0.6 is 0 Å². The van der Waals surface area contributed by atoms with Crippen molar-refractivity contribution in [3.8, 4) is 5.75 Å². The van der Waals surface area contributed by atoms with Gasteiger partial charge in [0.1, 0.15) is 16.9 Å². The summed E-state index contributed by atoms with van der Waals surface area (Å²) in [6.07, 6.45) is 3.08.